The van der Waals surface area contributed by atoms with Gasteiger partial charge in [-0.2, -0.15) is 0 Å². The van der Waals surface area contributed by atoms with E-state index < -0.39 is 39.9 Å². The van der Waals surface area contributed by atoms with Gasteiger partial charge in [-0.1, -0.05) is 0 Å². The number of hydrogen-bond donors (Lipinski definition) is 3. The van der Waals surface area contributed by atoms with E-state index in [-0.39, 0.29) is 18.6 Å². The molecule has 0 radical (unpaired) electrons. The third-order valence-corrected chi connectivity index (χ3v) is 4.11. The minimum Gasteiger partial charge on any atom is -0.480 e. The van der Waals surface area contributed by atoms with Gasteiger partial charge in [-0.15, -0.1) is 0 Å². The van der Waals surface area contributed by atoms with E-state index in [0.717, 1.165) is 5.41 Å². The molecule has 0 fully saturated rings. The predicted octanol–water partition coefficient (Wildman–Crippen LogP) is -0.997. The molecule has 0 saturated carbocycles. The SMILES string of the molecule is COC(=O)CC[C@H](NC(=O)NC1C=CS(=O)(=O)C1)C(=O)O. The van der Waals surface area contributed by atoms with Gasteiger partial charge >= 0.3 is 18.0 Å². The lowest BCUT2D eigenvalue weighted by Crippen LogP contribution is -2.49. The number of ether oxygens (including phenoxy) is 1. The Bertz CT molecular complexity index is 555. The smallest absolute Gasteiger partial charge is 0.326 e. The maximum absolute atomic E-state index is 11.6. The van der Waals surface area contributed by atoms with Crippen LogP contribution in [0.15, 0.2) is 11.5 Å². The highest BCUT2D eigenvalue weighted by molar-refractivity contribution is 7.94. The van der Waals surface area contributed by atoms with Crippen molar-refractivity contribution in [3.63, 3.8) is 0 Å². The van der Waals surface area contributed by atoms with Gasteiger partial charge < -0.3 is 20.5 Å². The molecule has 2 atom stereocenters. The van der Waals surface area contributed by atoms with Crippen LogP contribution in [-0.4, -0.2) is 56.4 Å². The van der Waals surface area contributed by atoms with Crippen molar-refractivity contribution in [3.8, 4) is 0 Å². The van der Waals surface area contributed by atoms with Gasteiger partial charge in [0.25, 0.3) is 0 Å². The first-order valence-electron chi connectivity index (χ1n) is 6.01. The Morgan fingerprint density at radius 1 is 1.43 bits per heavy atom. The molecule has 0 aromatic rings. The number of carboxylic acid groups (broad SMARTS) is 1. The molecule has 1 heterocycles. The van der Waals surface area contributed by atoms with E-state index in [2.05, 4.69) is 15.4 Å². The van der Waals surface area contributed by atoms with Crippen molar-refractivity contribution < 1.29 is 32.6 Å². The van der Waals surface area contributed by atoms with Crippen LogP contribution in [0.3, 0.4) is 0 Å². The predicted molar refractivity (Wildman–Crippen MR) is 71.1 cm³/mol. The average Bonchev–Trinajstić information content (AvgIpc) is 2.72. The molecule has 0 aromatic carbocycles. The highest BCUT2D eigenvalue weighted by Gasteiger charge is 2.26. The molecular weight excluding hydrogens is 304 g/mol. The van der Waals surface area contributed by atoms with E-state index in [1.807, 2.05) is 0 Å². The standard InChI is InChI=1S/C11H16N2O7S/c1-20-9(14)3-2-8(10(15)16)13-11(17)12-7-4-5-21(18,19)6-7/h4-5,7-8H,2-3,6H2,1H3,(H,15,16)(H2,12,13,17)/t7?,8-/m0/s1. The molecule has 1 unspecified atom stereocenters. The molecule has 0 aromatic heterocycles. The Balaban J connectivity index is 2.48. The van der Waals surface area contributed by atoms with Gasteiger partial charge in [0, 0.05) is 11.8 Å². The maximum atomic E-state index is 11.6. The summed E-state index contributed by atoms with van der Waals surface area (Å²) in [5.41, 5.74) is 0. The molecule has 2 amide bonds. The highest BCUT2D eigenvalue weighted by atomic mass is 32.2. The van der Waals surface area contributed by atoms with E-state index in [1.54, 1.807) is 0 Å². The molecular formula is C11H16N2O7S. The monoisotopic (exact) mass is 320 g/mol. The van der Waals surface area contributed by atoms with Crippen LogP contribution in [0.25, 0.3) is 0 Å². The fraction of sp³-hybridized carbons (Fsp3) is 0.545. The number of carbonyl (C=O) groups excluding carboxylic acids is 2. The van der Waals surface area contributed by atoms with Crippen molar-refractivity contribution in [3.05, 3.63) is 11.5 Å². The lowest BCUT2D eigenvalue weighted by molar-refractivity contribution is -0.142. The van der Waals surface area contributed by atoms with Crippen molar-refractivity contribution in [2.75, 3.05) is 12.9 Å². The third kappa shape index (κ3) is 5.81. The maximum Gasteiger partial charge on any atom is 0.326 e. The summed E-state index contributed by atoms with van der Waals surface area (Å²) < 4.78 is 26.7. The Hall–Kier alpha value is -2.10. The summed E-state index contributed by atoms with van der Waals surface area (Å²) in [5.74, 6) is -2.16. The Morgan fingerprint density at radius 3 is 2.57 bits per heavy atom. The average molecular weight is 320 g/mol. The highest BCUT2D eigenvalue weighted by Crippen LogP contribution is 2.07. The number of sulfone groups is 1. The van der Waals surface area contributed by atoms with Crippen molar-refractivity contribution in [1.82, 2.24) is 10.6 Å². The summed E-state index contributed by atoms with van der Waals surface area (Å²) >= 11 is 0. The normalized spacial score (nSPS) is 20.5. The van der Waals surface area contributed by atoms with Crippen molar-refractivity contribution in [1.29, 1.82) is 0 Å². The molecule has 0 bridgehead atoms. The molecule has 10 heteroatoms. The van der Waals surface area contributed by atoms with Gasteiger partial charge in [-0.3, -0.25) is 4.79 Å². The van der Waals surface area contributed by atoms with Crippen LogP contribution >= 0.6 is 0 Å². The van der Waals surface area contributed by atoms with E-state index in [0.29, 0.717) is 0 Å². The lowest BCUT2D eigenvalue weighted by atomic mass is 10.1. The first kappa shape index (κ1) is 17.0. The molecule has 1 rings (SSSR count). The zero-order valence-corrected chi connectivity index (χ0v) is 12.1. The fourth-order valence-corrected chi connectivity index (χ4v) is 2.89. The summed E-state index contributed by atoms with van der Waals surface area (Å²) in [6.07, 6.45) is 1.01. The molecule has 0 spiro atoms. The molecule has 118 valence electrons. The van der Waals surface area contributed by atoms with Crippen LogP contribution in [0.5, 0.6) is 0 Å². The Labute approximate surface area is 121 Å². The summed E-state index contributed by atoms with van der Waals surface area (Å²) in [6.45, 7) is 0. The van der Waals surface area contributed by atoms with Gasteiger partial charge in [-0.25, -0.2) is 18.0 Å². The van der Waals surface area contributed by atoms with Crippen LogP contribution in [0.1, 0.15) is 12.8 Å². The van der Waals surface area contributed by atoms with Crippen LogP contribution in [-0.2, 0) is 24.2 Å². The number of nitrogens with one attached hydrogen (secondary N) is 2. The zero-order chi connectivity index (χ0) is 16.0. The van der Waals surface area contributed by atoms with Gasteiger partial charge in [0.1, 0.15) is 6.04 Å². The van der Waals surface area contributed by atoms with E-state index in [9.17, 15) is 22.8 Å². The van der Waals surface area contributed by atoms with Crippen LogP contribution in [0.2, 0.25) is 0 Å². The number of aliphatic carboxylic acids is 1. The summed E-state index contributed by atoms with van der Waals surface area (Å²) in [5, 5.41) is 14.4. The van der Waals surface area contributed by atoms with Crippen molar-refractivity contribution in [2.45, 2.75) is 24.9 Å². The van der Waals surface area contributed by atoms with Crippen molar-refractivity contribution in [2.24, 2.45) is 0 Å². The number of carbonyl (C=O) groups is 3. The van der Waals surface area contributed by atoms with E-state index in [4.69, 9.17) is 5.11 Å². The number of amides is 2. The molecule has 0 saturated heterocycles. The molecule has 1 aliphatic heterocycles. The van der Waals surface area contributed by atoms with Crippen LogP contribution in [0.4, 0.5) is 4.79 Å². The number of esters is 1. The molecule has 0 aliphatic carbocycles. The molecule has 21 heavy (non-hydrogen) atoms. The van der Waals surface area contributed by atoms with Gasteiger partial charge in [-0.05, 0) is 12.5 Å². The minimum atomic E-state index is -3.31. The lowest BCUT2D eigenvalue weighted by Gasteiger charge is -2.16. The Morgan fingerprint density at radius 2 is 2.10 bits per heavy atom. The minimum absolute atomic E-state index is 0.131. The topological polar surface area (TPSA) is 139 Å². The van der Waals surface area contributed by atoms with E-state index >= 15 is 0 Å². The van der Waals surface area contributed by atoms with E-state index in [1.165, 1.54) is 13.2 Å². The number of urea groups is 1. The summed E-state index contributed by atoms with van der Waals surface area (Å²) in [6, 6.07) is -2.80. The fourth-order valence-electron chi connectivity index (χ4n) is 1.66. The largest absolute Gasteiger partial charge is 0.480 e. The molecule has 1 aliphatic rings. The third-order valence-electron chi connectivity index (χ3n) is 2.71. The second-order valence-electron chi connectivity index (χ2n) is 4.39. The Kier molecular flexibility index (Phi) is 5.70. The second kappa shape index (κ2) is 7.07. The number of hydrogen-bond acceptors (Lipinski definition) is 6. The second-order valence-corrected chi connectivity index (χ2v) is 6.32. The summed E-state index contributed by atoms with van der Waals surface area (Å²) in [4.78, 5) is 33.5. The van der Waals surface area contributed by atoms with Crippen LogP contribution < -0.4 is 10.6 Å². The van der Waals surface area contributed by atoms with Crippen LogP contribution in [0, 0.1) is 0 Å². The first-order valence-corrected chi connectivity index (χ1v) is 7.72. The van der Waals surface area contributed by atoms with Gasteiger partial charge in [0.15, 0.2) is 9.84 Å². The number of methoxy groups -OCH3 is 1. The zero-order valence-electron chi connectivity index (χ0n) is 11.2. The number of carboxylic acids is 1. The molecule has 9 nitrogen and oxygen atoms in total. The van der Waals surface area contributed by atoms with Crippen molar-refractivity contribution >= 4 is 27.8 Å². The first-order chi connectivity index (χ1) is 9.73. The van der Waals surface area contributed by atoms with Gasteiger partial charge in [0.2, 0.25) is 0 Å². The quantitative estimate of drug-likeness (QED) is 0.533. The summed E-state index contributed by atoms with van der Waals surface area (Å²) in [7, 11) is -2.14. The molecule has 3 N–H and O–H groups in total. The number of rotatable bonds is 6. The van der Waals surface area contributed by atoms with Gasteiger partial charge in [0.05, 0.1) is 18.9 Å².